The van der Waals surface area contributed by atoms with E-state index in [0.29, 0.717) is 11.2 Å². The molecule has 1 atom stereocenters. The third kappa shape index (κ3) is 5.73. The van der Waals surface area contributed by atoms with Gasteiger partial charge in [-0.25, -0.2) is 4.79 Å². The summed E-state index contributed by atoms with van der Waals surface area (Å²) in [6.07, 6.45) is 10.1. The van der Waals surface area contributed by atoms with E-state index in [1.54, 1.807) is 12.1 Å². The minimum Gasteiger partial charge on any atom is -0.320 e. The van der Waals surface area contributed by atoms with E-state index in [-0.39, 0.29) is 17.3 Å². The number of rotatable bonds is 5. The number of amides is 2. The van der Waals surface area contributed by atoms with Crippen molar-refractivity contribution in [2.45, 2.75) is 51.4 Å². The number of piperidine rings is 1. The number of fused-ring (bicyclic) bond motifs is 1. The van der Waals surface area contributed by atoms with Crippen LogP contribution in [-0.2, 0) is 0 Å². The number of aromatic amines is 1. The summed E-state index contributed by atoms with van der Waals surface area (Å²) in [5.74, 6) is 1.19. The normalized spacial score (nSPS) is 20.5. The minimum atomic E-state index is -0.443. The Morgan fingerprint density at radius 2 is 1.94 bits per heavy atom. The predicted octanol–water partition coefficient (Wildman–Crippen LogP) is 4.31. The zero-order valence-corrected chi connectivity index (χ0v) is 18.1. The lowest BCUT2D eigenvalue weighted by Gasteiger charge is -2.34. The smallest absolute Gasteiger partial charge is 0.320 e. The summed E-state index contributed by atoms with van der Waals surface area (Å²) in [7, 11) is 0. The number of nitrogens with one attached hydrogen (secondary N) is 4. The molecule has 2 heterocycles. The number of anilines is 1. The zero-order valence-electron chi connectivity index (χ0n) is 18.1. The number of urea groups is 1. The van der Waals surface area contributed by atoms with E-state index in [1.807, 2.05) is 12.1 Å². The first-order valence-corrected chi connectivity index (χ1v) is 11.6. The van der Waals surface area contributed by atoms with Gasteiger partial charge in [0.05, 0.1) is 11.2 Å². The molecular weight excluding hydrogens is 390 g/mol. The molecule has 2 fully saturated rings. The molecular formula is C24H33N5O2. The van der Waals surface area contributed by atoms with Crippen LogP contribution in [0.25, 0.3) is 10.9 Å². The largest absolute Gasteiger partial charge is 0.324 e. The maximum absolute atomic E-state index is 12.5. The first-order valence-electron chi connectivity index (χ1n) is 11.6. The standard InChI is InChI=1S/C24H33N5O2/c25-23(19-9-5-14-29(16-19)15-13-17-6-2-1-3-7-17)28-24(31)26-20-10-4-8-18-11-12-21(30)27-22(18)20/h4,8,10-12,17,19H,1-3,5-7,9,13-16H2,(H,27,30)(H3,25,26,28,31). The molecule has 1 saturated heterocycles. The molecule has 7 heteroatoms. The van der Waals surface area contributed by atoms with E-state index in [4.69, 9.17) is 5.41 Å². The number of aromatic nitrogens is 1. The molecule has 2 aromatic rings. The maximum Gasteiger partial charge on any atom is 0.324 e. The van der Waals surface area contributed by atoms with Crippen molar-refractivity contribution in [2.75, 3.05) is 25.0 Å². The van der Waals surface area contributed by atoms with Crippen LogP contribution in [-0.4, -0.2) is 41.4 Å². The summed E-state index contributed by atoms with van der Waals surface area (Å²) < 4.78 is 0. The predicted molar refractivity (Wildman–Crippen MR) is 125 cm³/mol. The van der Waals surface area contributed by atoms with Crippen LogP contribution in [0.3, 0.4) is 0 Å². The van der Waals surface area contributed by atoms with E-state index < -0.39 is 6.03 Å². The molecule has 1 saturated carbocycles. The summed E-state index contributed by atoms with van der Waals surface area (Å²) in [6, 6.07) is 8.19. The molecule has 0 spiro atoms. The van der Waals surface area contributed by atoms with Gasteiger partial charge in [-0.3, -0.25) is 15.5 Å². The van der Waals surface area contributed by atoms with Crippen molar-refractivity contribution in [3.63, 3.8) is 0 Å². The highest BCUT2D eigenvalue weighted by atomic mass is 16.2. The second-order valence-electron chi connectivity index (χ2n) is 9.02. The average molecular weight is 424 g/mol. The highest BCUT2D eigenvalue weighted by Gasteiger charge is 2.25. The summed E-state index contributed by atoms with van der Waals surface area (Å²) in [6.45, 7) is 3.03. The monoisotopic (exact) mass is 423 g/mol. The number of benzene rings is 1. The third-order valence-corrected chi connectivity index (χ3v) is 6.75. The van der Waals surface area contributed by atoms with Crippen LogP contribution in [0.4, 0.5) is 10.5 Å². The zero-order chi connectivity index (χ0) is 21.6. The van der Waals surface area contributed by atoms with E-state index in [1.165, 1.54) is 44.6 Å². The van der Waals surface area contributed by atoms with E-state index in [0.717, 1.165) is 43.8 Å². The van der Waals surface area contributed by atoms with E-state index in [9.17, 15) is 9.59 Å². The van der Waals surface area contributed by atoms with Gasteiger partial charge in [-0.15, -0.1) is 0 Å². The molecule has 166 valence electrons. The Kier molecular flexibility index (Phi) is 7.02. The van der Waals surface area contributed by atoms with Crippen LogP contribution in [0.15, 0.2) is 35.1 Å². The van der Waals surface area contributed by atoms with Gasteiger partial charge >= 0.3 is 6.03 Å². The lowest BCUT2D eigenvalue weighted by Crippen LogP contribution is -2.45. The Labute approximate surface area is 183 Å². The molecule has 1 aromatic carbocycles. The molecule has 1 aliphatic heterocycles. The number of H-pyrrole nitrogens is 1. The van der Waals surface area contributed by atoms with E-state index >= 15 is 0 Å². The van der Waals surface area contributed by atoms with Gasteiger partial charge in [-0.05, 0) is 50.4 Å². The van der Waals surface area contributed by atoms with Crippen LogP contribution in [0, 0.1) is 17.2 Å². The molecule has 0 radical (unpaired) electrons. The summed E-state index contributed by atoms with van der Waals surface area (Å²) in [5, 5.41) is 14.8. The molecule has 7 nitrogen and oxygen atoms in total. The van der Waals surface area contributed by atoms with Crippen LogP contribution < -0.4 is 16.2 Å². The first kappa shape index (κ1) is 21.6. The fraction of sp³-hybridized carbons (Fsp3) is 0.542. The van der Waals surface area contributed by atoms with Gasteiger partial charge in [0.25, 0.3) is 0 Å². The van der Waals surface area contributed by atoms with Gasteiger partial charge in [0.1, 0.15) is 5.84 Å². The van der Waals surface area contributed by atoms with Gasteiger partial charge in [-0.2, -0.15) is 0 Å². The summed E-state index contributed by atoms with van der Waals surface area (Å²) in [4.78, 5) is 29.4. The Balaban J connectivity index is 1.30. The molecule has 4 N–H and O–H groups in total. The van der Waals surface area contributed by atoms with Crippen molar-refractivity contribution < 1.29 is 4.79 Å². The Bertz CT molecular complexity index is 979. The van der Waals surface area contributed by atoms with Crippen LogP contribution in [0.1, 0.15) is 51.4 Å². The maximum atomic E-state index is 12.5. The summed E-state index contributed by atoms with van der Waals surface area (Å²) in [5.41, 5.74) is 0.895. The highest BCUT2D eigenvalue weighted by Crippen LogP contribution is 2.27. The SMILES string of the molecule is N=C(NC(=O)Nc1cccc2ccc(=O)[nH]c12)C1CCCN(CCC2CCCCC2)C1. The lowest BCUT2D eigenvalue weighted by atomic mass is 9.86. The van der Waals surface area contributed by atoms with Crippen molar-refractivity contribution in [3.8, 4) is 0 Å². The molecule has 1 aromatic heterocycles. The van der Waals surface area contributed by atoms with Gasteiger partial charge in [0.2, 0.25) is 5.56 Å². The first-order chi connectivity index (χ1) is 15.1. The average Bonchev–Trinajstić information content (AvgIpc) is 2.79. The van der Waals surface area contributed by atoms with Crippen molar-refractivity contribution in [3.05, 3.63) is 40.7 Å². The fourth-order valence-corrected chi connectivity index (χ4v) is 5.00. The number of para-hydroxylation sites is 1. The Morgan fingerprint density at radius 1 is 1.10 bits per heavy atom. The lowest BCUT2D eigenvalue weighted by molar-refractivity contribution is 0.181. The number of hydrogen-bond acceptors (Lipinski definition) is 4. The van der Waals surface area contributed by atoms with Crippen molar-refractivity contribution in [2.24, 2.45) is 11.8 Å². The van der Waals surface area contributed by atoms with Crippen LogP contribution in [0.5, 0.6) is 0 Å². The number of hydrogen-bond donors (Lipinski definition) is 4. The Morgan fingerprint density at radius 3 is 2.77 bits per heavy atom. The molecule has 0 bridgehead atoms. The molecule has 1 aliphatic carbocycles. The van der Waals surface area contributed by atoms with Gasteiger partial charge in [0, 0.05) is 23.9 Å². The highest BCUT2D eigenvalue weighted by molar-refractivity contribution is 6.06. The minimum absolute atomic E-state index is 0.0539. The van der Waals surface area contributed by atoms with Crippen molar-refractivity contribution >= 4 is 28.5 Å². The molecule has 2 amide bonds. The fourth-order valence-electron chi connectivity index (χ4n) is 5.00. The number of amidine groups is 1. The number of carbonyl (C=O) groups excluding carboxylic acids is 1. The quantitative estimate of drug-likeness (QED) is 0.426. The van der Waals surface area contributed by atoms with Gasteiger partial charge < -0.3 is 15.2 Å². The Hall–Kier alpha value is -2.67. The number of pyridine rings is 1. The second kappa shape index (κ2) is 10.1. The van der Waals surface area contributed by atoms with Crippen molar-refractivity contribution in [1.82, 2.24) is 15.2 Å². The van der Waals surface area contributed by atoms with Gasteiger partial charge in [0.15, 0.2) is 0 Å². The van der Waals surface area contributed by atoms with Gasteiger partial charge in [-0.1, -0.05) is 44.2 Å². The van der Waals surface area contributed by atoms with Crippen molar-refractivity contribution in [1.29, 1.82) is 5.41 Å². The second-order valence-corrected chi connectivity index (χ2v) is 9.02. The van der Waals surface area contributed by atoms with Crippen LogP contribution in [0.2, 0.25) is 0 Å². The third-order valence-electron chi connectivity index (χ3n) is 6.75. The molecule has 2 aliphatic rings. The van der Waals surface area contributed by atoms with E-state index in [2.05, 4.69) is 20.5 Å². The molecule has 1 unspecified atom stereocenters. The molecule has 31 heavy (non-hydrogen) atoms. The topological polar surface area (TPSA) is 101 Å². The number of nitrogens with zero attached hydrogens (tertiary/aromatic N) is 1. The van der Waals surface area contributed by atoms with Crippen LogP contribution >= 0.6 is 0 Å². The summed E-state index contributed by atoms with van der Waals surface area (Å²) >= 11 is 0. The number of carbonyl (C=O) groups is 1. The molecule has 4 rings (SSSR count). The number of likely N-dealkylation sites (tertiary alicyclic amines) is 1.